The summed E-state index contributed by atoms with van der Waals surface area (Å²) < 4.78 is 57.0. The zero-order valence-corrected chi connectivity index (χ0v) is 20.5. The lowest BCUT2D eigenvalue weighted by atomic mass is 9.95. The third kappa shape index (κ3) is 5.59. The third-order valence-electron chi connectivity index (χ3n) is 6.12. The highest BCUT2D eigenvalue weighted by atomic mass is 19.4. The van der Waals surface area contributed by atoms with E-state index in [9.17, 15) is 28.2 Å². The van der Waals surface area contributed by atoms with Crippen molar-refractivity contribution in [1.82, 2.24) is 15.0 Å². The van der Waals surface area contributed by atoms with Gasteiger partial charge >= 0.3 is 6.18 Å². The number of aromatic nitrogens is 3. The molecular formula is C27H22F3N3O6. The number of halogens is 3. The average Bonchev–Trinajstić information content (AvgIpc) is 3.33. The van der Waals surface area contributed by atoms with Gasteiger partial charge in [0, 0.05) is 12.1 Å². The number of carbonyl (C=O) groups is 1. The summed E-state index contributed by atoms with van der Waals surface area (Å²) in [4.78, 5) is 12.8. The molecule has 0 aliphatic carbocycles. The number of hydrogen-bond donors (Lipinski definition) is 2. The summed E-state index contributed by atoms with van der Waals surface area (Å²) in [6.07, 6.45) is -3.65. The minimum absolute atomic E-state index is 0.0309. The molecule has 0 saturated carbocycles. The van der Waals surface area contributed by atoms with Crippen LogP contribution in [0.5, 0.6) is 28.7 Å². The first kappa shape index (κ1) is 25.9. The lowest BCUT2D eigenvalue weighted by Crippen LogP contribution is -2.20. The summed E-state index contributed by atoms with van der Waals surface area (Å²) in [7, 11) is 1.42. The fourth-order valence-electron chi connectivity index (χ4n) is 4.26. The number of methoxy groups -OCH3 is 1. The molecule has 1 aliphatic heterocycles. The van der Waals surface area contributed by atoms with Crippen LogP contribution in [-0.4, -0.2) is 38.1 Å². The number of ketones is 1. The monoisotopic (exact) mass is 541 g/mol. The van der Waals surface area contributed by atoms with Crippen molar-refractivity contribution in [1.29, 1.82) is 0 Å². The Morgan fingerprint density at radius 2 is 1.92 bits per heavy atom. The Morgan fingerprint density at radius 1 is 1.10 bits per heavy atom. The van der Waals surface area contributed by atoms with Gasteiger partial charge < -0.3 is 24.4 Å². The van der Waals surface area contributed by atoms with Gasteiger partial charge in [-0.25, -0.2) is 4.68 Å². The summed E-state index contributed by atoms with van der Waals surface area (Å²) in [5.41, 5.74) is 0.632. The third-order valence-corrected chi connectivity index (χ3v) is 6.12. The standard InChI is InChI=1S/C27H22F3N3O6/c1-37-23-6-5-16(8-20(23)34)24-11-22(36)26-21(35)9-19(10-25(26)39-24)38-14-18-13-33(32-31-18)12-15-3-2-4-17(7-15)27(28,29)30/h2-10,13,24,34-35H,11-12,14H2,1H3. The summed E-state index contributed by atoms with van der Waals surface area (Å²) in [6, 6.07) is 12.4. The second kappa shape index (κ2) is 10.2. The van der Waals surface area contributed by atoms with E-state index in [0.717, 1.165) is 12.1 Å². The molecule has 5 rings (SSSR count). The number of fused-ring (bicyclic) bond motifs is 1. The van der Waals surface area contributed by atoms with Gasteiger partial charge in [0.25, 0.3) is 0 Å². The molecule has 1 aromatic heterocycles. The molecule has 4 aromatic rings. The number of carbonyl (C=O) groups excluding carboxylic acids is 1. The second-order valence-corrected chi connectivity index (χ2v) is 8.87. The van der Waals surface area contributed by atoms with Gasteiger partial charge in [0.2, 0.25) is 0 Å². The number of phenols is 2. The van der Waals surface area contributed by atoms with E-state index in [-0.39, 0.29) is 59.7 Å². The van der Waals surface area contributed by atoms with Crippen molar-refractivity contribution in [2.75, 3.05) is 7.11 Å². The first-order valence-corrected chi connectivity index (χ1v) is 11.7. The molecule has 1 aliphatic rings. The van der Waals surface area contributed by atoms with Crippen molar-refractivity contribution in [2.24, 2.45) is 0 Å². The van der Waals surface area contributed by atoms with Crippen molar-refractivity contribution in [3.63, 3.8) is 0 Å². The van der Waals surface area contributed by atoms with E-state index in [1.165, 1.54) is 42.3 Å². The summed E-state index contributed by atoms with van der Waals surface area (Å²) in [5, 5.41) is 28.5. The molecular weight excluding hydrogens is 519 g/mol. The Balaban J connectivity index is 1.28. The Hall–Kier alpha value is -4.74. The summed E-state index contributed by atoms with van der Waals surface area (Å²) in [6.45, 7) is 0.0132. The van der Waals surface area contributed by atoms with E-state index in [0.29, 0.717) is 16.8 Å². The van der Waals surface area contributed by atoms with Crippen molar-refractivity contribution in [3.8, 4) is 28.7 Å². The quantitative estimate of drug-likeness (QED) is 0.334. The van der Waals surface area contributed by atoms with Crippen LogP contribution >= 0.6 is 0 Å². The van der Waals surface area contributed by atoms with Crippen LogP contribution in [0.15, 0.2) is 60.8 Å². The number of aromatic hydroxyl groups is 2. The van der Waals surface area contributed by atoms with Gasteiger partial charge in [-0.15, -0.1) is 5.10 Å². The highest BCUT2D eigenvalue weighted by Crippen LogP contribution is 2.43. The summed E-state index contributed by atoms with van der Waals surface area (Å²) >= 11 is 0. The molecule has 0 radical (unpaired) electrons. The molecule has 9 nitrogen and oxygen atoms in total. The smallest absolute Gasteiger partial charge is 0.416 e. The van der Waals surface area contributed by atoms with Gasteiger partial charge in [-0.2, -0.15) is 13.2 Å². The SMILES string of the molecule is COc1ccc(C2CC(=O)c3c(O)cc(OCc4cn(Cc5cccc(C(F)(F)F)c5)nn4)cc3O2)cc1O. The minimum Gasteiger partial charge on any atom is -0.507 e. The molecule has 0 bridgehead atoms. The highest BCUT2D eigenvalue weighted by Gasteiger charge is 2.32. The van der Waals surface area contributed by atoms with Crippen molar-refractivity contribution in [2.45, 2.75) is 31.9 Å². The first-order valence-electron chi connectivity index (χ1n) is 11.7. The van der Waals surface area contributed by atoms with Crippen molar-refractivity contribution in [3.05, 3.63) is 88.7 Å². The fourth-order valence-corrected chi connectivity index (χ4v) is 4.26. The number of ether oxygens (including phenoxy) is 3. The average molecular weight is 541 g/mol. The molecule has 2 heterocycles. The van der Waals surface area contributed by atoms with Crippen LogP contribution < -0.4 is 14.2 Å². The lowest BCUT2D eigenvalue weighted by molar-refractivity contribution is -0.137. The van der Waals surface area contributed by atoms with E-state index in [2.05, 4.69) is 10.3 Å². The van der Waals surface area contributed by atoms with Gasteiger partial charge in [-0.1, -0.05) is 23.4 Å². The molecule has 1 unspecified atom stereocenters. The van der Waals surface area contributed by atoms with Gasteiger partial charge in [-0.3, -0.25) is 4.79 Å². The Bertz CT molecular complexity index is 1540. The number of benzene rings is 3. The number of hydrogen-bond acceptors (Lipinski definition) is 8. The van der Waals surface area contributed by atoms with Crippen LogP contribution in [0, 0.1) is 0 Å². The maximum Gasteiger partial charge on any atom is 0.416 e. The molecule has 0 amide bonds. The number of Topliss-reactive ketones (excluding diaryl/α,β-unsaturated/α-hetero) is 1. The fraction of sp³-hybridized carbons (Fsp3) is 0.222. The highest BCUT2D eigenvalue weighted by molar-refractivity contribution is 6.02. The van der Waals surface area contributed by atoms with E-state index < -0.39 is 17.8 Å². The largest absolute Gasteiger partial charge is 0.507 e. The molecule has 39 heavy (non-hydrogen) atoms. The molecule has 1 atom stereocenters. The minimum atomic E-state index is -4.44. The van der Waals surface area contributed by atoms with Crippen LogP contribution in [0.2, 0.25) is 0 Å². The predicted molar refractivity (Wildman–Crippen MR) is 130 cm³/mol. The van der Waals surface area contributed by atoms with Crippen LogP contribution in [0.1, 0.15) is 45.3 Å². The number of alkyl halides is 3. The van der Waals surface area contributed by atoms with Gasteiger partial charge in [0.15, 0.2) is 17.3 Å². The molecule has 3 aromatic carbocycles. The second-order valence-electron chi connectivity index (χ2n) is 8.87. The Labute approximate surface area is 220 Å². The van der Waals surface area contributed by atoms with Crippen LogP contribution in [-0.2, 0) is 19.3 Å². The number of nitrogens with zero attached hydrogens (tertiary/aromatic N) is 3. The zero-order valence-electron chi connectivity index (χ0n) is 20.5. The molecule has 0 saturated heterocycles. The van der Waals surface area contributed by atoms with Crippen molar-refractivity contribution < 1.29 is 42.4 Å². The van der Waals surface area contributed by atoms with Gasteiger partial charge in [0.1, 0.15) is 41.2 Å². The maximum atomic E-state index is 13.0. The summed E-state index contributed by atoms with van der Waals surface area (Å²) in [5.74, 6) is -0.145. The Kier molecular flexibility index (Phi) is 6.77. The van der Waals surface area contributed by atoms with Crippen LogP contribution in [0.4, 0.5) is 13.2 Å². The first-order chi connectivity index (χ1) is 18.6. The zero-order chi connectivity index (χ0) is 27.7. The van der Waals surface area contributed by atoms with E-state index in [1.807, 2.05) is 0 Å². The lowest BCUT2D eigenvalue weighted by Gasteiger charge is -2.26. The van der Waals surface area contributed by atoms with Crippen molar-refractivity contribution >= 4 is 5.78 Å². The van der Waals surface area contributed by atoms with Gasteiger partial charge in [0.05, 0.1) is 31.8 Å². The maximum absolute atomic E-state index is 13.0. The van der Waals surface area contributed by atoms with E-state index in [1.54, 1.807) is 18.2 Å². The topological polar surface area (TPSA) is 116 Å². The van der Waals surface area contributed by atoms with Crippen LogP contribution in [0.3, 0.4) is 0 Å². The molecule has 0 spiro atoms. The van der Waals surface area contributed by atoms with Gasteiger partial charge in [-0.05, 0) is 35.4 Å². The van der Waals surface area contributed by atoms with Crippen LogP contribution in [0.25, 0.3) is 0 Å². The number of rotatable bonds is 7. The molecule has 0 fully saturated rings. The van der Waals surface area contributed by atoms with E-state index in [4.69, 9.17) is 14.2 Å². The molecule has 202 valence electrons. The van der Waals surface area contributed by atoms with E-state index >= 15 is 0 Å². The predicted octanol–water partition coefficient (Wildman–Crippen LogP) is 5.05. The molecule has 2 N–H and O–H groups in total. The number of phenolic OH excluding ortho intramolecular Hbond substituents is 2. The molecule has 12 heteroatoms. The Morgan fingerprint density at radius 3 is 2.67 bits per heavy atom. The normalized spacial score (nSPS) is 15.0.